The molecule has 0 saturated carbocycles. The number of hydrogen-bond acceptors (Lipinski definition) is 5. The molecule has 5 N–H and O–H groups in total. The molecule has 0 spiro atoms. The third kappa shape index (κ3) is 5.28. The fraction of sp³-hybridized carbons (Fsp3) is 0.235. The summed E-state index contributed by atoms with van der Waals surface area (Å²) in [5.74, 6) is 0.365. The molecule has 1 amide bonds. The zero-order valence-corrected chi connectivity index (χ0v) is 14.7. The van der Waals surface area contributed by atoms with Gasteiger partial charge in [-0.25, -0.2) is 13.6 Å². The molecule has 0 fully saturated rings. The molecule has 0 aromatic heterocycles. The van der Waals surface area contributed by atoms with Crippen molar-refractivity contribution in [1.82, 2.24) is 5.32 Å². The Hall–Kier alpha value is -2.42. The van der Waals surface area contributed by atoms with Crippen molar-refractivity contribution in [2.75, 3.05) is 13.2 Å². The van der Waals surface area contributed by atoms with Crippen LogP contribution in [0.1, 0.15) is 21.5 Å². The Balaban J connectivity index is 2.02. The lowest BCUT2D eigenvalue weighted by Gasteiger charge is -2.11. The molecule has 134 valence electrons. The van der Waals surface area contributed by atoms with Crippen molar-refractivity contribution in [2.24, 2.45) is 10.9 Å². The molecule has 0 aliphatic heterocycles. The molecule has 0 atom stereocenters. The van der Waals surface area contributed by atoms with Crippen LogP contribution in [-0.4, -0.2) is 27.5 Å². The van der Waals surface area contributed by atoms with Gasteiger partial charge in [-0.3, -0.25) is 4.79 Å². The molecule has 25 heavy (non-hydrogen) atoms. The smallest absolute Gasteiger partial charge is 0.251 e. The van der Waals surface area contributed by atoms with Crippen molar-refractivity contribution in [3.8, 4) is 5.75 Å². The summed E-state index contributed by atoms with van der Waals surface area (Å²) in [4.78, 5) is 12.3. The zero-order valence-electron chi connectivity index (χ0n) is 13.9. The van der Waals surface area contributed by atoms with E-state index in [0.717, 1.165) is 11.1 Å². The van der Waals surface area contributed by atoms with Crippen molar-refractivity contribution in [2.45, 2.75) is 18.4 Å². The lowest BCUT2D eigenvalue weighted by atomic mass is 10.1. The first-order valence-corrected chi connectivity index (χ1v) is 9.19. The number of rotatable bonds is 7. The second-order valence-electron chi connectivity index (χ2n) is 5.49. The van der Waals surface area contributed by atoms with Crippen LogP contribution >= 0.6 is 0 Å². The maximum absolute atomic E-state index is 12.3. The summed E-state index contributed by atoms with van der Waals surface area (Å²) in [5, 5.41) is 7.83. The Labute approximate surface area is 147 Å². The van der Waals surface area contributed by atoms with Crippen LogP contribution < -0.4 is 20.9 Å². The van der Waals surface area contributed by atoms with E-state index in [1.807, 2.05) is 13.0 Å². The molecule has 2 aromatic carbocycles. The normalized spacial score (nSPS) is 11.2. The number of nitrogens with one attached hydrogen (secondary N) is 1. The third-order valence-electron chi connectivity index (χ3n) is 3.53. The first-order chi connectivity index (χ1) is 11.8. The van der Waals surface area contributed by atoms with Crippen molar-refractivity contribution in [3.05, 3.63) is 59.2 Å². The average Bonchev–Trinajstić information content (AvgIpc) is 2.58. The predicted molar refractivity (Wildman–Crippen MR) is 94.7 cm³/mol. The maximum atomic E-state index is 12.3. The number of carbonyl (C=O) groups excluding carboxylic acids is 1. The van der Waals surface area contributed by atoms with Gasteiger partial charge in [0.25, 0.3) is 5.91 Å². The summed E-state index contributed by atoms with van der Waals surface area (Å²) in [5.41, 5.74) is 7.57. The van der Waals surface area contributed by atoms with Crippen molar-refractivity contribution < 1.29 is 17.9 Å². The van der Waals surface area contributed by atoms with E-state index in [0.29, 0.717) is 24.5 Å². The largest absolute Gasteiger partial charge is 0.492 e. The fourth-order valence-corrected chi connectivity index (χ4v) is 2.66. The van der Waals surface area contributed by atoms with Crippen LogP contribution in [0.25, 0.3) is 0 Å². The van der Waals surface area contributed by atoms with E-state index in [1.54, 1.807) is 24.3 Å². The van der Waals surface area contributed by atoms with Gasteiger partial charge in [-0.1, -0.05) is 18.2 Å². The highest BCUT2D eigenvalue weighted by Gasteiger charge is 2.10. The van der Waals surface area contributed by atoms with E-state index < -0.39 is 10.0 Å². The maximum Gasteiger partial charge on any atom is 0.251 e. The van der Waals surface area contributed by atoms with Gasteiger partial charge in [0.05, 0.1) is 4.90 Å². The molecule has 0 aliphatic carbocycles. The van der Waals surface area contributed by atoms with Gasteiger partial charge in [-0.15, -0.1) is 0 Å². The van der Waals surface area contributed by atoms with Crippen LogP contribution in [0.5, 0.6) is 5.75 Å². The molecule has 8 heteroatoms. The zero-order chi connectivity index (χ0) is 18.4. The molecule has 2 aromatic rings. The summed E-state index contributed by atoms with van der Waals surface area (Å²) >= 11 is 0. The van der Waals surface area contributed by atoms with Crippen molar-refractivity contribution in [1.29, 1.82) is 0 Å². The van der Waals surface area contributed by atoms with Crippen molar-refractivity contribution >= 4 is 15.9 Å². The molecular weight excluding hydrogens is 342 g/mol. The minimum Gasteiger partial charge on any atom is -0.492 e. The van der Waals surface area contributed by atoms with E-state index in [9.17, 15) is 13.2 Å². The minimum atomic E-state index is -3.72. The minimum absolute atomic E-state index is 0.0304. The van der Waals surface area contributed by atoms with Gasteiger partial charge in [0.15, 0.2) is 0 Å². The fourth-order valence-electron chi connectivity index (χ4n) is 2.15. The molecule has 7 nitrogen and oxygen atoms in total. The van der Waals surface area contributed by atoms with Crippen LogP contribution in [0.2, 0.25) is 0 Å². The number of ether oxygens (including phenoxy) is 1. The number of aryl methyl sites for hydroxylation is 1. The lowest BCUT2D eigenvalue weighted by molar-refractivity contribution is 0.0950. The predicted octanol–water partition coefficient (Wildman–Crippen LogP) is 0.910. The summed E-state index contributed by atoms with van der Waals surface area (Å²) in [6.45, 7) is 2.92. The monoisotopic (exact) mass is 363 g/mol. The summed E-state index contributed by atoms with van der Waals surface area (Å²) < 4.78 is 27.9. The third-order valence-corrected chi connectivity index (χ3v) is 4.46. The lowest BCUT2D eigenvalue weighted by Crippen LogP contribution is -2.23. The molecule has 0 bridgehead atoms. The highest BCUT2D eigenvalue weighted by molar-refractivity contribution is 7.89. The van der Waals surface area contributed by atoms with E-state index in [-0.39, 0.29) is 17.3 Å². The first-order valence-electron chi connectivity index (χ1n) is 7.64. The standard InChI is InChI=1S/C17H21N3O4S/c1-12-2-5-14(10-16(12)24-9-8-18)17(21)20-11-13-3-6-15(7-4-13)25(19,22)23/h2-7,10H,8-9,11,18H2,1H3,(H,20,21)(H2,19,22,23). The molecular formula is C17H21N3O4S. The van der Waals surface area contributed by atoms with Gasteiger partial charge in [0, 0.05) is 18.7 Å². The Bertz CT molecular complexity index is 849. The number of primary sulfonamides is 1. The number of hydrogen-bond donors (Lipinski definition) is 3. The number of carbonyl (C=O) groups is 1. The topological polar surface area (TPSA) is 125 Å². The van der Waals surface area contributed by atoms with Crippen molar-refractivity contribution in [3.63, 3.8) is 0 Å². The number of benzene rings is 2. The SMILES string of the molecule is Cc1ccc(C(=O)NCc2ccc(S(N)(=O)=O)cc2)cc1OCCN. The quantitative estimate of drug-likeness (QED) is 0.674. The van der Waals surface area contributed by atoms with E-state index in [4.69, 9.17) is 15.6 Å². The van der Waals surface area contributed by atoms with E-state index in [1.165, 1.54) is 12.1 Å². The Morgan fingerprint density at radius 2 is 1.84 bits per heavy atom. The van der Waals surface area contributed by atoms with Gasteiger partial charge < -0.3 is 15.8 Å². The highest BCUT2D eigenvalue weighted by Crippen LogP contribution is 2.19. The van der Waals surface area contributed by atoms with Gasteiger partial charge in [0.2, 0.25) is 10.0 Å². The summed E-state index contributed by atoms with van der Waals surface area (Å²) in [6, 6.07) is 11.2. The van der Waals surface area contributed by atoms with Crippen LogP contribution in [0.4, 0.5) is 0 Å². The first kappa shape index (κ1) is 18.9. The molecule has 0 unspecified atom stereocenters. The number of sulfonamides is 1. The second kappa shape index (κ2) is 8.11. The van der Waals surface area contributed by atoms with Crippen LogP contribution in [0.15, 0.2) is 47.4 Å². The van der Waals surface area contributed by atoms with Crippen LogP contribution in [0.3, 0.4) is 0 Å². The van der Waals surface area contributed by atoms with Gasteiger partial charge >= 0.3 is 0 Å². The van der Waals surface area contributed by atoms with Gasteiger partial charge in [0.1, 0.15) is 12.4 Å². The Morgan fingerprint density at radius 3 is 2.44 bits per heavy atom. The van der Waals surface area contributed by atoms with E-state index >= 15 is 0 Å². The van der Waals surface area contributed by atoms with Crippen LogP contribution in [-0.2, 0) is 16.6 Å². The van der Waals surface area contributed by atoms with Gasteiger partial charge in [-0.2, -0.15) is 0 Å². The number of amides is 1. The van der Waals surface area contributed by atoms with Gasteiger partial charge in [-0.05, 0) is 42.3 Å². The summed E-state index contributed by atoms with van der Waals surface area (Å²) in [6.07, 6.45) is 0. The molecule has 0 radical (unpaired) electrons. The molecule has 2 rings (SSSR count). The van der Waals surface area contributed by atoms with Crippen LogP contribution in [0, 0.1) is 6.92 Å². The average molecular weight is 363 g/mol. The number of nitrogens with two attached hydrogens (primary N) is 2. The Morgan fingerprint density at radius 1 is 1.16 bits per heavy atom. The Kier molecular flexibility index (Phi) is 6.13. The summed E-state index contributed by atoms with van der Waals surface area (Å²) in [7, 11) is -3.72. The van der Waals surface area contributed by atoms with E-state index in [2.05, 4.69) is 5.32 Å². The second-order valence-corrected chi connectivity index (χ2v) is 7.05. The molecule has 0 saturated heterocycles. The molecule has 0 aliphatic rings. The molecule has 0 heterocycles. The highest BCUT2D eigenvalue weighted by atomic mass is 32.2.